The van der Waals surface area contributed by atoms with E-state index in [4.69, 9.17) is 0 Å². The van der Waals surface area contributed by atoms with Gasteiger partial charge in [0, 0.05) is 24.3 Å². The largest absolute Gasteiger partial charge is 0.330 e. The van der Waals surface area contributed by atoms with Crippen LogP contribution in [0.2, 0.25) is 0 Å². The molecule has 0 bridgehead atoms. The van der Waals surface area contributed by atoms with E-state index in [1.807, 2.05) is 13.8 Å². The van der Waals surface area contributed by atoms with Crippen LogP contribution in [0.25, 0.3) is 0 Å². The number of anilines is 1. The number of carbonyl (C=O) groups excluding carboxylic acids is 1. The average Bonchev–Trinajstić information content (AvgIpc) is 2.74. The van der Waals surface area contributed by atoms with Gasteiger partial charge in [-0.05, 0) is 13.8 Å². The highest BCUT2D eigenvalue weighted by atomic mass is 32.1. The maximum Gasteiger partial charge on any atom is 0.293 e. The summed E-state index contributed by atoms with van der Waals surface area (Å²) in [7, 11) is 1.78. The van der Waals surface area contributed by atoms with Crippen molar-refractivity contribution in [1.29, 1.82) is 0 Å². The third-order valence-corrected chi connectivity index (χ3v) is 3.26. The van der Waals surface area contributed by atoms with Crippen molar-refractivity contribution in [2.45, 2.75) is 13.8 Å². The predicted molar refractivity (Wildman–Crippen MR) is 62.7 cm³/mol. The summed E-state index contributed by atoms with van der Waals surface area (Å²) in [6.45, 7) is 3.89. The molecule has 0 spiro atoms. The predicted octanol–water partition coefficient (Wildman–Crippen LogP) is 1.75. The minimum atomic E-state index is -0.235. The molecule has 0 fully saturated rings. The van der Waals surface area contributed by atoms with Crippen molar-refractivity contribution in [2.75, 3.05) is 5.32 Å². The first-order chi connectivity index (χ1) is 7.58. The molecule has 0 aliphatic carbocycles. The van der Waals surface area contributed by atoms with E-state index >= 15 is 0 Å². The molecular formula is C10H12N4OS. The Balaban J connectivity index is 2.17. The number of carbonyl (C=O) groups is 1. The number of aryl methyl sites for hydroxylation is 3. The molecule has 0 radical (unpaired) electrons. The van der Waals surface area contributed by atoms with Gasteiger partial charge in [-0.2, -0.15) is 0 Å². The van der Waals surface area contributed by atoms with Gasteiger partial charge in [0.1, 0.15) is 0 Å². The number of nitrogens with zero attached hydrogens (tertiary/aromatic N) is 3. The molecular weight excluding hydrogens is 224 g/mol. The summed E-state index contributed by atoms with van der Waals surface area (Å²) >= 11 is 1.47. The van der Waals surface area contributed by atoms with Gasteiger partial charge in [-0.25, -0.2) is 9.97 Å². The zero-order chi connectivity index (χ0) is 11.7. The lowest BCUT2D eigenvalue weighted by atomic mass is 10.4. The maximum absolute atomic E-state index is 11.8. The number of aromatic nitrogens is 3. The van der Waals surface area contributed by atoms with Crippen LogP contribution in [0.15, 0.2) is 12.4 Å². The Bertz CT molecular complexity index is 509. The van der Waals surface area contributed by atoms with Gasteiger partial charge in [-0.15, -0.1) is 11.3 Å². The first kappa shape index (κ1) is 10.8. The smallest absolute Gasteiger partial charge is 0.293 e. The first-order valence-corrected chi connectivity index (χ1v) is 5.62. The van der Waals surface area contributed by atoms with E-state index in [9.17, 15) is 4.79 Å². The van der Waals surface area contributed by atoms with Crippen molar-refractivity contribution in [1.82, 2.24) is 14.5 Å². The molecule has 0 aliphatic heterocycles. The second-order valence-corrected chi connectivity index (χ2v) is 4.68. The molecule has 2 rings (SSSR count). The number of rotatable bonds is 2. The van der Waals surface area contributed by atoms with Crippen LogP contribution < -0.4 is 5.32 Å². The standard InChI is InChI=1S/C10H12N4OS/c1-6-7(2)16-10(12-6)13-9(15)8-11-4-5-14(8)3/h4-5H,1-3H3,(H,12,13,15). The minimum absolute atomic E-state index is 0.235. The number of thiazole rings is 1. The minimum Gasteiger partial charge on any atom is -0.330 e. The van der Waals surface area contributed by atoms with Gasteiger partial charge in [0.15, 0.2) is 11.0 Å². The van der Waals surface area contributed by atoms with Crippen LogP contribution in [0.4, 0.5) is 5.13 Å². The summed E-state index contributed by atoms with van der Waals surface area (Å²) in [5.74, 6) is 0.145. The lowest BCUT2D eigenvalue weighted by Crippen LogP contribution is -2.16. The fraction of sp³-hybridized carbons (Fsp3) is 0.300. The Hall–Kier alpha value is -1.69. The van der Waals surface area contributed by atoms with E-state index in [-0.39, 0.29) is 5.91 Å². The van der Waals surface area contributed by atoms with Crippen LogP contribution in [-0.4, -0.2) is 20.4 Å². The van der Waals surface area contributed by atoms with Crippen molar-refractivity contribution >= 4 is 22.4 Å². The molecule has 1 N–H and O–H groups in total. The summed E-state index contributed by atoms with van der Waals surface area (Å²) in [6, 6.07) is 0. The molecule has 6 heteroatoms. The van der Waals surface area contributed by atoms with Gasteiger partial charge >= 0.3 is 0 Å². The summed E-state index contributed by atoms with van der Waals surface area (Å²) in [5.41, 5.74) is 0.945. The van der Waals surface area contributed by atoms with Crippen LogP contribution in [-0.2, 0) is 7.05 Å². The van der Waals surface area contributed by atoms with E-state index in [1.165, 1.54) is 11.3 Å². The molecule has 0 aliphatic rings. The summed E-state index contributed by atoms with van der Waals surface area (Å²) in [5, 5.41) is 3.35. The molecule has 0 saturated carbocycles. The van der Waals surface area contributed by atoms with E-state index in [1.54, 1.807) is 24.0 Å². The van der Waals surface area contributed by atoms with Gasteiger partial charge < -0.3 is 4.57 Å². The van der Waals surface area contributed by atoms with E-state index in [0.717, 1.165) is 10.6 Å². The quantitative estimate of drug-likeness (QED) is 0.864. The monoisotopic (exact) mass is 236 g/mol. The van der Waals surface area contributed by atoms with Crippen LogP contribution in [0.1, 0.15) is 21.2 Å². The lowest BCUT2D eigenvalue weighted by Gasteiger charge is -2.00. The molecule has 16 heavy (non-hydrogen) atoms. The second kappa shape index (κ2) is 4.05. The van der Waals surface area contributed by atoms with E-state index in [0.29, 0.717) is 11.0 Å². The Kier molecular flexibility index (Phi) is 2.74. The van der Waals surface area contributed by atoms with Gasteiger partial charge in [0.05, 0.1) is 5.69 Å². The number of hydrogen-bond acceptors (Lipinski definition) is 4. The Morgan fingerprint density at radius 2 is 2.25 bits per heavy atom. The zero-order valence-electron chi connectivity index (χ0n) is 9.31. The Morgan fingerprint density at radius 3 is 2.75 bits per heavy atom. The van der Waals surface area contributed by atoms with Gasteiger partial charge in [0.2, 0.25) is 0 Å². The molecule has 2 aromatic heterocycles. The van der Waals surface area contributed by atoms with Crippen molar-refractivity contribution in [3.63, 3.8) is 0 Å². The highest BCUT2D eigenvalue weighted by Gasteiger charge is 2.13. The maximum atomic E-state index is 11.8. The molecule has 2 aromatic rings. The molecule has 0 aromatic carbocycles. The normalized spacial score (nSPS) is 10.4. The number of nitrogens with one attached hydrogen (secondary N) is 1. The van der Waals surface area contributed by atoms with Crippen LogP contribution >= 0.6 is 11.3 Å². The third-order valence-electron chi connectivity index (χ3n) is 2.27. The van der Waals surface area contributed by atoms with Gasteiger partial charge in [-0.3, -0.25) is 10.1 Å². The third kappa shape index (κ3) is 1.96. The SMILES string of the molecule is Cc1nc(NC(=O)c2nccn2C)sc1C. The highest BCUT2D eigenvalue weighted by Crippen LogP contribution is 2.21. The molecule has 84 valence electrons. The van der Waals surface area contributed by atoms with Crippen molar-refractivity contribution in [3.8, 4) is 0 Å². The second-order valence-electron chi connectivity index (χ2n) is 3.48. The Morgan fingerprint density at radius 1 is 1.50 bits per heavy atom. The number of imidazole rings is 1. The van der Waals surface area contributed by atoms with Gasteiger partial charge in [0.25, 0.3) is 5.91 Å². The molecule has 0 atom stereocenters. The topological polar surface area (TPSA) is 59.8 Å². The molecule has 0 unspecified atom stereocenters. The summed E-state index contributed by atoms with van der Waals surface area (Å²) in [4.78, 5) is 21.1. The van der Waals surface area contributed by atoms with E-state index < -0.39 is 0 Å². The van der Waals surface area contributed by atoms with E-state index in [2.05, 4.69) is 15.3 Å². The summed E-state index contributed by atoms with van der Waals surface area (Å²) < 4.78 is 1.67. The molecule has 5 nitrogen and oxygen atoms in total. The van der Waals surface area contributed by atoms with Gasteiger partial charge in [-0.1, -0.05) is 0 Å². The zero-order valence-corrected chi connectivity index (χ0v) is 10.1. The van der Waals surface area contributed by atoms with Crippen LogP contribution in [0.5, 0.6) is 0 Å². The van der Waals surface area contributed by atoms with Crippen LogP contribution in [0, 0.1) is 13.8 Å². The number of hydrogen-bond donors (Lipinski definition) is 1. The highest BCUT2D eigenvalue weighted by molar-refractivity contribution is 7.15. The lowest BCUT2D eigenvalue weighted by molar-refractivity contribution is 0.101. The summed E-state index contributed by atoms with van der Waals surface area (Å²) in [6.07, 6.45) is 3.32. The molecule has 1 amide bonds. The molecule has 2 heterocycles. The molecule has 0 saturated heterocycles. The fourth-order valence-corrected chi connectivity index (χ4v) is 2.07. The fourth-order valence-electron chi connectivity index (χ4n) is 1.26. The van der Waals surface area contributed by atoms with Crippen molar-refractivity contribution < 1.29 is 4.79 Å². The van der Waals surface area contributed by atoms with Crippen molar-refractivity contribution in [2.24, 2.45) is 7.05 Å². The van der Waals surface area contributed by atoms with Crippen LogP contribution in [0.3, 0.4) is 0 Å². The van der Waals surface area contributed by atoms with Crippen molar-refractivity contribution in [3.05, 3.63) is 28.8 Å². The Labute approximate surface area is 97.2 Å². The number of amides is 1. The first-order valence-electron chi connectivity index (χ1n) is 4.80. The average molecular weight is 236 g/mol.